The van der Waals surface area contributed by atoms with E-state index >= 15 is 0 Å². The van der Waals surface area contributed by atoms with E-state index in [0.29, 0.717) is 74.2 Å². The van der Waals surface area contributed by atoms with Crippen molar-refractivity contribution in [3.63, 3.8) is 0 Å². The van der Waals surface area contributed by atoms with Gasteiger partial charge in [0.1, 0.15) is 0 Å². The van der Waals surface area contributed by atoms with Crippen molar-refractivity contribution < 1.29 is 19.1 Å². The SMILES string of the molecule is CCOC(=O)N1CCN(C(=S)[S-])CC1.CCOC(=O)N1CCN(C(=S)[S-])CC1.[CH3][Sn+2][CH3]. The van der Waals surface area contributed by atoms with Gasteiger partial charge in [0.2, 0.25) is 0 Å². The Balaban J connectivity index is 0.000000516. The van der Waals surface area contributed by atoms with Crippen molar-refractivity contribution in [2.24, 2.45) is 0 Å². The molecule has 0 aromatic carbocycles. The fourth-order valence-electron chi connectivity index (χ4n) is 2.57. The molecule has 0 aliphatic carbocycles. The molecule has 0 aromatic heterocycles. The Morgan fingerprint density at radius 1 is 0.710 bits per heavy atom. The first-order valence-corrected chi connectivity index (χ1v) is 17.4. The Morgan fingerprint density at radius 3 is 1.13 bits per heavy atom. The molecule has 2 rings (SSSR count). The minimum atomic E-state index is -0.248. The summed E-state index contributed by atoms with van der Waals surface area (Å²) in [6, 6.07) is 0. The van der Waals surface area contributed by atoms with Gasteiger partial charge in [0.15, 0.2) is 0 Å². The summed E-state index contributed by atoms with van der Waals surface area (Å²) in [5, 5.41) is 0. The number of ether oxygens (including phenoxy) is 2. The van der Waals surface area contributed by atoms with Crippen LogP contribution in [0.3, 0.4) is 0 Å². The average molecular weight is 615 g/mol. The molecule has 2 amide bonds. The minimum absolute atomic E-state index is 0.230. The van der Waals surface area contributed by atoms with E-state index < -0.39 is 0 Å². The quantitative estimate of drug-likeness (QED) is 0.262. The first-order valence-electron chi connectivity index (χ1n) is 10.0. The number of rotatable bonds is 2. The molecule has 176 valence electrons. The third-order valence-corrected chi connectivity index (χ3v) is 5.16. The Morgan fingerprint density at radius 2 is 0.935 bits per heavy atom. The first-order chi connectivity index (χ1) is 14.7. The second kappa shape index (κ2) is 18.0. The third kappa shape index (κ3) is 13.0. The topological polar surface area (TPSA) is 65.6 Å². The monoisotopic (exact) mass is 616 g/mol. The van der Waals surface area contributed by atoms with Crippen molar-refractivity contribution in [1.82, 2.24) is 19.6 Å². The van der Waals surface area contributed by atoms with E-state index in [2.05, 4.69) is 9.88 Å². The molecular formula is C18H32N4O4S4Sn. The molecule has 8 nitrogen and oxygen atoms in total. The second-order valence-corrected chi connectivity index (χ2v) is 11.3. The number of carbonyl (C=O) groups is 2. The summed E-state index contributed by atoms with van der Waals surface area (Å²) in [5.74, 6) is 0. The standard InChI is InChI=1S/2C8H14N2O2S2.2CH3.Sn/c2*1-2-12-7(11)9-3-5-10(6-4-9)8(13)14;;;/h2*2-6H2,1H3,(H,13,14);2*1H3;/q;;;;+2/p-2. The van der Waals surface area contributed by atoms with E-state index in [1.54, 1.807) is 23.6 Å². The van der Waals surface area contributed by atoms with Crippen molar-refractivity contribution >= 4 is 91.7 Å². The molecular weight excluding hydrogens is 583 g/mol. The maximum atomic E-state index is 11.3. The van der Waals surface area contributed by atoms with E-state index in [4.69, 9.17) is 59.2 Å². The van der Waals surface area contributed by atoms with Gasteiger partial charge < -0.3 is 78.8 Å². The normalized spacial score (nSPS) is 15.4. The molecule has 0 radical (unpaired) electrons. The third-order valence-electron chi connectivity index (χ3n) is 4.13. The van der Waals surface area contributed by atoms with E-state index in [9.17, 15) is 9.59 Å². The van der Waals surface area contributed by atoms with Gasteiger partial charge in [0.05, 0.1) is 13.2 Å². The summed E-state index contributed by atoms with van der Waals surface area (Å²) in [4.78, 5) is 34.4. The Kier molecular flexibility index (Phi) is 17.8. The van der Waals surface area contributed by atoms with Crippen LogP contribution < -0.4 is 0 Å². The maximum absolute atomic E-state index is 11.3. The Bertz CT molecular complexity index is 525. The van der Waals surface area contributed by atoms with E-state index in [1.807, 2.05) is 9.80 Å². The van der Waals surface area contributed by atoms with Crippen LogP contribution in [0.2, 0.25) is 9.88 Å². The van der Waals surface area contributed by atoms with Crippen LogP contribution in [-0.4, -0.2) is 127 Å². The predicted molar refractivity (Wildman–Crippen MR) is 138 cm³/mol. The molecule has 0 saturated carbocycles. The van der Waals surface area contributed by atoms with Crippen molar-refractivity contribution in [3.8, 4) is 0 Å². The fourth-order valence-corrected chi connectivity index (χ4v) is 3.30. The molecule has 2 heterocycles. The van der Waals surface area contributed by atoms with Gasteiger partial charge in [-0.1, -0.05) is 8.64 Å². The van der Waals surface area contributed by atoms with Crippen LogP contribution in [0.15, 0.2) is 0 Å². The summed E-state index contributed by atoms with van der Waals surface area (Å²) >= 11 is 19.7. The molecule has 2 aliphatic rings. The first kappa shape index (κ1) is 30.6. The zero-order valence-corrected chi connectivity index (χ0v) is 24.7. The van der Waals surface area contributed by atoms with Gasteiger partial charge in [-0.25, -0.2) is 9.59 Å². The van der Waals surface area contributed by atoms with Crippen LogP contribution in [0.1, 0.15) is 13.8 Å². The summed E-state index contributed by atoms with van der Waals surface area (Å²) in [6.07, 6.45) is -0.495. The molecule has 0 atom stereocenters. The zero-order valence-electron chi connectivity index (χ0n) is 18.6. The Labute approximate surface area is 218 Å². The van der Waals surface area contributed by atoms with Gasteiger partial charge >= 0.3 is 43.2 Å². The van der Waals surface area contributed by atoms with Gasteiger partial charge in [0, 0.05) is 52.4 Å². The van der Waals surface area contributed by atoms with Gasteiger partial charge in [-0.2, -0.15) is 0 Å². The predicted octanol–water partition coefficient (Wildman–Crippen LogP) is 1.97. The van der Waals surface area contributed by atoms with E-state index in [-0.39, 0.29) is 33.3 Å². The van der Waals surface area contributed by atoms with Crippen molar-refractivity contribution in [2.75, 3.05) is 65.6 Å². The van der Waals surface area contributed by atoms with Crippen molar-refractivity contribution in [3.05, 3.63) is 0 Å². The molecule has 2 saturated heterocycles. The molecule has 2 aliphatic heterocycles. The number of amides is 2. The number of thiocarbonyl (C=S) groups is 2. The average Bonchev–Trinajstić information content (AvgIpc) is 2.75. The molecule has 31 heavy (non-hydrogen) atoms. The summed E-state index contributed by atoms with van der Waals surface area (Å²) in [5.41, 5.74) is 0. The molecule has 2 fully saturated rings. The van der Waals surface area contributed by atoms with Crippen LogP contribution >= 0.6 is 24.4 Å². The van der Waals surface area contributed by atoms with Gasteiger partial charge in [-0.05, 0) is 13.8 Å². The Hall–Kier alpha value is -0.441. The van der Waals surface area contributed by atoms with Crippen molar-refractivity contribution in [1.29, 1.82) is 0 Å². The number of hydrogen-bond acceptors (Lipinski definition) is 8. The molecule has 0 unspecified atom stereocenters. The number of piperazine rings is 2. The van der Waals surface area contributed by atoms with Gasteiger partial charge in [-0.3, -0.25) is 0 Å². The fraction of sp³-hybridized carbons (Fsp3) is 0.778. The molecule has 13 heteroatoms. The zero-order chi connectivity index (χ0) is 23.8. The second-order valence-electron chi connectivity index (χ2n) is 6.38. The van der Waals surface area contributed by atoms with Crippen LogP contribution in [0.5, 0.6) is 0 Å². The molecule has 0 spiro atoms. The summed E-state index contributed by atoms with van der Waals surface area (Å²) in [7, 11) is 0. The van der Waals surface area contributed by atoms with Crippen LogP contribution in [-0.2, 0) is 34.7 Å². The summed E-state index contributed by atoms with van der Waals surface area (Å²) < 4.78 is 10.7. The number of carbonyl (C=O) groups excluding carboxylic acids is 2. The van der Waals surface area contributed by atoms with Crippen LogP contribution in [0.4, 0.5) is 9.59 Å². The number of hydrogen-bond donors (Lipinski definition) is 0. The molecule has 0 N–H and O–H groups in total. The summed E-state index contributed by atoms with van der Waals surface area (Å²) in [6.45, 7) is 9.80. The van der Waals surface area contributed by atoms with Gasteiger partial charge in [0.25, 0.3) is 0 Å². The van der Waals surface area contributed by atoms with Crippen LogP contribution in [0, 0.1) is 0 Å². The number of nitrogens with zero attached hydrogens (tertiary/aromatic N) is 4. The van der Waals surface area contributed by atoms with Crippen molar-refractivity contribution in [2.45, 2.75) is 23.7 Å². The molecule has 0 bridgehead atoms. The van der Waals surface area contributed by atoms with Gasteiger partial charge in [-0.15, -0.1) is 0 Å². The van der Waals surface area contributed by atoms with E-state index in [0.717, 1.165) is 0 Å². The molecule has 0 aromatic rings. The van der Waals surface area contributed by atoms with Crippen LogP contribution in [0.25, 0.3) is 0 Å². The van der Waals surface area contributed by atoms with E-state index in [1.165, 1.54) is 0 Å².